The maximum Gasteiger partial charge on any atom is 0.374 e. The van der Waals surface area contributed by atoms with Crippen molar-refractivity contribution in [2.24, 2.45) is 0 Å². The molecule has 4 nitrogen and oxygen atoms in total. The third kappa shape index (κ3) is 1.79. The highest BCUT2D eigenvalue weighted by molar-refractivity contribution is 5.93. The van der Waals surface area contributed by atoms with Gasteiger partial charge in [0.1, 0.15) is 5.58 Å². The minimum absolute atomic E-state index is 0.206. The van der Waals surface area contributed by atoms with Crippen molar-refractivity contribution in [2.45, 2.75) is 6.92 Å². The summed E-state index contributed by atoms with van der Waals surface area (Å²) in [5.41, 5.74) is 6.79. The zero-order valence-electron chi connectivity index (χ0n) is 8.32. The molecule has 0 saturated carbocycles. The fourth-order valence-electron chi connectivity index (χ4n) is 1.35. The molecule has 0 amide bonds. The number of ether oxygens (including phenoxy) is 1. The van der Waals surface area contributed by atoms with E-state index in [-0.39, 0.29) is 5.76 Å². The summed E-state index contributed by atoms with van der Waals surface area (Å²) in [5, 5.41) is 0.840. The Kier molecular flexibility index (Phi) is 2.33. The number of anilines is 1. The number of rotatable bonds is 2. The average Bonchev–Trinajstić information content (AvgIpc) is 2.60. The SMILES string of the molecule is CCOC(=O)c1cc2ccc(N)cc2o1. The largest absolute Gasteiger partial charge is 0.460 e. The lowest BCUT2D eigenvalue weighted by atomic mass is 10.2. The highest BCUT2D eigenvalue weighted by atomic mass is 16.5. The highest BCUT2D eigenvalue weighted by Gasteiger charge is 2.12. The number of nitrogens with two attached hydrogens (primary N) is 1. The van der Waals surface area contributed by atoms with Crippen molar-refractivity contribution in [1.82, 2.24) is 0 Å². The zero-order chi connectivity index (χ0) is 10.8. The Labute approximate surface area is 86.6 Å². The van der Waals surface area contributed by atoms with Gasteiger partial charge in [0.2, 0.25) is 5.76 Å². The molecule has 0 aliphatic heterocycles. The Morgan fingerprint density at radius 2 is 2.27 bits per heavy atom. The van der Waals surface area contributed by atoms with Crippen molar-refractivity contribution < 1.29 is 13.9 Å². The van der Waals surface area contributed by atoms with Gasteiger partial charge in [-0.3, -0.25) is 0 Å². The van der Waals surface area contributed by atoms with Crippen LogP contribution in [0.3, 0.4) is 0 Å². The van der Waals surface area contributed by atoms with Gasteiger partial charge in [0, 0.05) is 17.1 Å². The molecular weight excluding hydrogens is 194 g/mol. The maximum atomic E-state index is 11.4. The van der Waals surface area contributed by atoms with Crippen LogP contribution in [0.1, 0.15) is 17.5 Å². The van der Waals surface area contributed by atoms with E-state index in [1.165, 1.54) is 0 Å². The Balaban J connectivity index is 2.42. The van der Waals surface area contributed by atoms with E-state index in [1.807, 2.05) is 0 Å². The average molecular weight is 205 g/mol. The first kappa shape index (κ1) is 9.58. The molecule has 0 aliphatic carbocycles. The fourth-order valence-corrected chi connectivity index (χ4v) is 1.35. The first-order valence-corrected chi connectivity index (χ1v) is 4.67. The van der Waals surface area contributed by atoms with Gasteiger partial charge in [0.15, 0.2) is 0 Å². The topological polar surface area (TPSA) is 65.5 Å². The summed E-state index contributed by atoms with van der Waals surface area (Å²) >= 11 is 0. The summed E-state index contributed by atoms with van der Waals surface area (Å²) in [6, 6.07) is 6.88. The number of hydrogen-bond acceptors (Lipinski definition) is 4. The van der Waals surface area contributed by atoms with Crippen LogP contribution in [-0.4, -0.2) is 12.6 Å². The van der Waals surface area contributed by atoms with E-state index in [9.17, 15) is 4.79 Å². The summed E-state index contributed by atoms with van der Waals surface area (Å²) in [7, 11) is 0. The van der Waals surface area contributed by atoms with Crippen molar-refractivity contribution >= 4 is 22.6 Å². The Morgan fingerprint density at radius 3 is 3.00 bits per heavy atom. The van der Waals surface area contributed by atoms with E-state index in [0.29, 0.717) is 17.9 Å². The Bertz CT molecular complexity index is 502. The van der Waals surface area contributed by atoms with Gasteiger partial charge >= 0.3 is 5.97 Å². The molecule has 0 saturated heterocycles. The van der Waals surface area contributed by atoms with Crippen LogP contribution in [0.4, 0.5) is 5.69 Å². The highest BCUT2D eigenvalue weighted by Crippen LogP contribution is 2.22. The molecule has 1 aromatic carbocycles. The van der Waals surface area contributed by atoms with E-state index < -0.39 is 5.97 Å². The smallest absolute Gasteiger partial charge is 0.374 e. The van der Waals surface area contributed by atoms with Crippen molar-refractivity contribution in [2.75, 3.05) is 12.3 Å². The number of hydrogen-bond donors (Lipinski definition) is 1. The first-order chi connectivity index (χ1) is 7.20. The number of fused-ring (bicyclic) bond motifs is 1. The molecule has 2 N–H and O–H groups in total. The van der Waals surface area contributed by atoms with Crippen LogP contribution in [0.2, 0.25) is 0 Å². The maximum absolute atomic E-state index is 11.4. The molecule has 78 valence electrons. The van der Waals surface area contributed by atoms with E-state index in [1.54, 1.807) is 31.2 Å². The monoisotopic (exact) mass is 205 g/mol. The molecular formula is C11H11NO3. The van der Waals surface area contributed by atoms with E-state index in [0.717, 1.165) is 5.39 Å². The number of furan rings is 1. The van der Waals surface area contributed by atoms with Crippen molar-refractivity contribution in [3.05, 3.63) is 30.0 Å². The first-order valence-electron chi connectivity index (χ1n) is 4.67. The molecule has 0 bridgehead atoms. The van der Waals surface area contributed by atoms with Crippen LogP contribution >= 0.6 is 0 Å². The van der Waals surface area contributed by atoms with Crippen LogP contribution < -0.4 is 5.73 Å². The molecule has 0 spiro atoms. The van der Waals surface area contributed by atoms with Gasteiger partial charge in [-0.05, 0) is 25.1 Å². The zero-order valence-corrected chi connectivity index (χ0v) is 8.32. The summed E-state index contributed by atoms with van der Waals surface area (Å²) in [6.07, 6.45) is 0. The molecule has 0 fully saturated rings. The van der Waals surface area contributed by atoms with E-state index in [4.69, 9.17) is 14.9 Å². The third-order valence-electron chi connectivity index (χ3n) is 2.02. The molecule has 0 radical (unpaired) electrons. The Hall–Kier alpha value is -1.97. The standard InChI is InChI=1S/C11H11NO3/c1-2-14-11(13)10-5-7-3-4-8(12)6-9(7)15-10/h3-6H,2,12H2,1H3. The number of esters is 1. The molecule has 0 atom stereocenters. The number of carbonyl (C=O) groups is 1. The molecule has 1 heterocycles. The third-order valence-corrected chi connectivity index (χ3v) is 2.02. The predicted octanol–water partition coefficient (Wildman–Crippen LogP) is 2.19. The van der Waals surface area contributed by atoms with Crippen LogP contribution in [-0.2, 0) is 4.74 Å². The lowest BCUT2D eigenvalue weighted by Gasteiger charge is -1.95. The second-order valence-corrected chi connectivity index (χ2v) is 3.13. The van der Waals surface area contributed by atoms with Crippen molar-refractivity contribution in [3.8, 4) is 0 Å². The summed E-state index contributed by atoms with van der Waals surface area (Å²) in [6.45, 7) is 2.08. The van der Waals surface area contributed by atoms with Gasteiger partial charge in [-0.25, -0.2) is 4.79 Å². The van der Waals surface area contributed by atoms with Gasteiger partial charge in [-0.2, -0.15) is 0 Å². The van der Waals surface area contributed by atoms with Gasteiger partial charge in [-0.1, -0.05) is 0 Å². The van der Waals surface area contributed by atoms with Crippen LogP contribution in [0.15, 0.2) is 28.7 Å². The van der Waals surface area contributed by atoms with Crippen LogP contribution in [0, 0.1) is 0 Å². The van der Waals surface area contributed by atoms with Gasteiger partial charge in [-0.15, -0.1) is 0 Å². The van der Waals surface area contributed by atoms with Crippen molar-refractivity contribution in [3.63, 3.8) is 0 Å². The second kappa shape index (κ2) is 3.65. The molecule has 0 aliphatic rings. The van der Waals surface area contributed by atoms with Gasteiger partial charge in [0.05, 0.1) is 6.61 Å². The molecule has 2 rings (SSSR count). The fraction of sp³-hybridized carbons (Fsp3) is 0.182. The molecule has 2 aromatic rings. The van der Waals surface area contributed by atoms with Gasteiger partial charge < -0.3 is 14.9 Å². The Morgan fingerprint density at radius 1 is 1.47 bits per heavy atom. The van der Waals surface area contributed by atoms with Crippen LogP contribution in [0.25, 0.3) is 11.0 Å². The lowest BCUT2D eigenvalue weighted by Crippen LogP contribution is -2.02. The molecule has 15 heavy (non-hydrogen) atoms. The molecule has 1 aromatic heterocycles. The van der Waals surface area contributed by atoms with Crippen molar-refractivity contribution in [1.29, 1.82) is 0 Å². The predicted molar refractivity (Wildman–Crippen MR) is 56.6 cm³/mol. The summed E-state index contributed by atoms with van der Waals surface area (Å²) < 4.78 is 10.1. The lowest BCUT2D eigenvalue weighted by molar-refractivity contribution is 0.0492. The minimum Gasteiger partial charge on any atom is -0.460 e. The normalized spacial score (nSPS) is 10.5. The number of carbonyl (C=O) groups excluding carboxylic acids is 1. The van der Waals surface area contributed by atoms with Gasteiger partial charge in [0.25, 0.3) is 0 Å². The van der Waals surface area contributed by atoms with E-state index >= 15 is 0 Å². The quantitative estimate of drug-likeness (QED) is 0.602. The summed E-state index contributed by atoms with van der Waals surface area (Å²) in [4.78, 5) is 11.4. The second-order valence-electron chi connectivity index (χ2n) is 3.13. The number of benzene rings is 1. The molecule has 0 unspecified atom stereocenters. The van der Waals surface area contributed by atoms with E-state index in [2.05, 4.69) is 0 Å². The minimum atomic E-state index is -0.452. The molecule has 4 heteroatoms. The number of nitrogen functional groups attached to an aromatic ring is 1. The summed E-state index contributed by atoms with van der Waals surface area (Å²) in [5.74, 6) is -0.246. The van der Waals surface area contributed by atoms with Crippen LogP contribution in [0.5, 0.6) is 0 Å².